The van der Waals surface area contributed by atoms with Gasteiger partial charge in [0.25, 0.3) is 0 Å². The molecule has 4 atom stereocenters. The van der Waals surface area contributed by atoms with Crippen LogP contribution in [0.5, 0.6) is 0 Å². The van der Waals surface area contributed by atoms with Crippen molar-refractivity contribution in [3.63, 3.8) is 0 Å². The zero-order chi connectivity index (χ0) is 20.7. The van der Waals surface area contributed by atoms with Crippen LogP contribution in [0, 0.1) is 27.2 Å². The molecule has 28 heavy (non-hydrogen) atoms. The molecule has 1 aromatic rings. The fourth-order valence-electron chi connectivity index (χ4n) is 3.58. The second-order valence-corrected chi connectivity index (χ2v) is 9.45. The molecule has 1 amide bonds. The maximum absolute atomic E-state index is 13.3. The van der Waals surface area contributed by atoms with Crippen LogP contribution in [0.2, 0.25) is 0 Å². The van der Waals surface area contributed by atoms with Gasteiger partial charge in [-0.1, -0.05) is 12.2 Å². The standard InChI is InChI=1S/C17H16F2INO6S/c18-17(19,28(24,25)26)8-27-16(23)14-10-2-1-9(7-10)13(14)15(22)21-12-5-3-11(20)4-6-12/h1-6,9-10,13-14H,7-8H2,(H,21,22)(H,24,25,26)/p-1. The van der Waals surface area contributed by atoms with Gasteiger partial charge in [0.05, 0.1) is 11.8 Å². The number of anilines is 1. The zero-order valence-corrected chi connectivity index (χ0v) is 17.2. The summed E-state index contributed by atoms with van der Waals surface area (Å²) in [5, 5.41) is -2.03. The predicted octanol–water partition coefficient (Wildman–Crippen LogP) is 2.35. The van der Waals surface area contributed by atoms with E-state index < -0.39 is 45.7 Å². The van der Waals surface area contributed by atoms with E-state index in [1.807, 2.05) is 0 Å². The van der Waals surface area contributed by atoms with Crippen LogP contribution in [-0.4, -0.2) is 36.7 Å². The molecule has 7 nitrogen and oxygen atoms in total. The zero-order valence-electron chi connectivity index (χ0n) is 14.2. The van der Waals surface area contributed by atoms with E-state index in [1.165, 1.54) is 0 Å². The molecule has 0 spiro atoms. The van der Waals surface area contributed by atoms with Crippen LogP contribution in [-0.2, 0) is 24.4 Å². The summed E-state index contributed by atoms with van der Waals surface area (Å²) in [5.41, 5.74) is 0.522. The Balaban J connectivity index is 1.72. The lowest BCUT2D eigenvalue weighted by Crippen LogP contribution is -2.40. The van der Waals surface area contributed by atoms with Gasteiger partial charge in [-0.2, -0.15) is 8.78 Å². The SMILES string of the molecule is O=C(Nc1ccc(I)cc1)C1C2C=CC(C2)C1C(=O)OCC(F)(F)S(=O)(=O)[O-]. The minimum Gasteiger partial charge on any atom is -0.743 e. The number of ether oxygens (including phenoxy) is 1. The van der Waals surface area contributed by atoms with Crippen molar-refractivity contribution in [1.29, 1.82) is 0 Å². The highest BCUT2D eigenvalue weighted by Gasteiger charge is 2.53. The van der Waals surface area contributed by atoms with Crippen molar-refractivity contribution in [3.05, 3.63) is 40.0 Å². The number of nitrogens with one attached hydrogen (secondary N) is 1. The summed E-state index contributed by atoms with van der Waals surface area (Å²) in [6, 6.07) is 6.95. The van der Waals surface area contributed by atoms with Gasteiger partial charge in [0, 0.05) is 9.26 Å². The Morgan fingerprint density at radius 1 is 1.18 bits per heavy atom. The van der Waals surface area contributed by atoms with Crippen LogP contribution in [0.25, 0.3) is 0 Å². The molecule has 4 unspecified atom stereocenters. The lowest BCUT2D eigenvalue weighted by atomic mass is 9.82. The summed E-state index contributed by atoms with van der Waals surface area (Å²) >= 11 is 2.11. The number of fused-ring (bicyclic) bond motifs is 2. The van der Waals surface area contributed by atoms with E-state index in [1.54, 1.807) is 36.4 Å². The summed E-state index contributed by atoms with van der Waals surface area (Å²) in [7, 11) is -5.96. The van der Waals surface area contributed by atoms with Crippen LogP contribution in [0.15, 0.2) is 36.4 Å². The van der Waals surface area contributed by atoms with Crippen molar-refractivity contribution in [2.24, 2.45) is 23.7 Å². The molecule has 0 aromatic heterocycles. The first-order chi connectivity index (χ1) is 13.0. The molecule has 2 bridgehead atoms. The Hall–Kier alpha value is -1.60. The highest BCUT2D eigenvalue weighted by molar-refractivity contribution is 14.1. The van der Waals surface area contributed by atoms with E-state index in [9.17, 15) is 31.3 Å². The molecular weight excluding hydrogens is 511 g/mol. The van der Waals surface area contributed by atoms with Gasteiger partial charge >= 0.3 is 11.2 Å². The lowest BCUT2D eigenvalue weighted by Gasteiger charge is -2.27. The molecule has 152 valence electrons. The predicted molar refractivity (Wildman–Crippen MR) is 101 cm³/mol. The van der Waals surface area contributed by atoms with E-state index in [0.717, 1.165) is 3.57 Å². The molecule has 3 rings (SSSR count). The minimum absolute atomic E-state index is 0.254. The first-order valence-corrected chi connectivity index (χ1v) is 10.7. The van der Waals surface area contributed by atoms with Gasteiger partial charge < -0.3 is 14.6 Å². The van der Waals surface area contributed by atoms with E-state index in [0.29, 0.717) is 12.1 Å². The Morgan fingerprint density at radius 2 is 1.75 bits per heavy atom. The maximum atomic E-state index is 13.3. The number of halogens is 3. The summed E-state index contributed by atoms with van der Waals surface area (Å²) in [4.78, 5) is 25.1. The summed E-state index contributed by atoms with van der Waals surface area (Å²) in [5.74, 6) is -4.06. The molecule has 2 aliphatic carbocycles. The van der Waals surface area contributed by atoms with Crippen molar-refractivity contribution >= 4 is 50.3 Å². The Bertz CT molecular complexity index is 918. The van der Waals surface area contributed by atoms with Gasteiger partial charge in [0.2, 0.25) is 5.91 Å². The molecule has 1 fully saturated rings. The second kappa shape index (κ2) is 7.67. The lowest BCUT2D eigenvalue weighted by molar-refractivity contribution is -0.158. The average molecular weight is 526 g/mol. The molecule has 2 aliphatic rings. The number of alkyl halides is 2. The number of hydrogen-bond acceptors (Lipinski definition) is 6. The largest absolute Gasteiger partial charge is 0.743 e. The minimum atomic E-state index is -5.96. The first kappa shape index (κ1) is 21.1. The van der Waals surface area contributed by atoms with Gasteiger partial charge in [-0.25, -0.2) is 8.42 Å². The molecule has 0 saturated heterocycles. The summed E-state index contributed by atoms with van der Waals surface area (Å²) in [6.07, 6.45) is 4.00. The number of esters is 1. The third-order valence-electron chi connectivity index (χ3n) is 4.89. The second-order valence-electron chi connectivity index (χ2n) is 6.70. The summed E-state index contributed by atoms with van der Waals surface area (Å²) in [6.45, 7) is -1.87. The average Bonchev–Trinajstić information content (AvgIpc) is 3.22. The topological polar surface area (TPSA) is 113 Å². The normalized spacial score (nSPS) is 26.3. The molecule has 11 heteroatoms. The van der Waals surface area contributed by atoms with Crippen molar-refractivity contribution in [3.8, 4) is 0 Å². The van der Waals surface area contributed by atoms with Crippen molar-refractivity contribution in [2.75, 3.05) is 11.9 Å². The van der Waals surface area contributed by atoms with Crippen molar-refractivity contribution in [1.82, 2.24) is 0 Å². The van der Waals surface area contributed by atoms with E-state index in [-0.39, 0.29) is 11.8 Å². The number of amides is 1. The van der Waals surface area contributed by atoms with E-state index in [4.69, 9.17) is 0 Å². The number of benzene rings is 1. The number of hydrogen-bond donors (Lipinski definition) is 1. The van der Waals surface area contributed by atoms with Crippen LogP contribution in [0.1, 0.15) is 6.42 Å². The molecule has 1 N–H and O–H groups in total. The number of allylic oxidation sites excluding steroid dienone is 2. The third kappa shape index (κ3) is 4.20. The quantitative estimate of drug-likeness (QED) is 0.264. The fourth-order valence-corrected chi connectivity index (χ4v) is 4.15. The Morgan fingerprint density at radius 3 is 2.32 bits per heavy atom. The third-order valence-corrected chi connectivity index (χ3v) is 6.46. The van der Waals surface area contributed by atoms with Crippen LogP contribution in [0.3, 0.4) is 0 Å². The summed E-state index contributed by atoms with van der Waals surface area (Å²) < 4.78 is 63.6. The van der Waals surface area contributed by atoms with E-state index in [2.05, 4.69) is 32.6 Å². The molecule has 1 aromatic carbocycles. The van der Waals surface area contributed by atoms with Crippen molar-refractivity contribution in [2.45, 2.75) is 11.7 Å². The molecule has 1 saturated carbocycles. The monoisotopic (exact) mass is 526 g/mol. The Labute approximate surface area is 173 Å². The maximum Gasteiger partial charge on any atom is 0.367 e. The fraction of sp³-hybridized carbons (Fsp3) is 0.412. The van der Waals surface area contributed by atoms with E-state index >= 15 is 0 Å². The molecule has 0 heterocycles. The molecular formula is C17H15F2INO6S-. The highest BCUT2D eigenvalue weighted by atomic mass is 127. The van der Waals surface area contributed by atoms with Crippen LogP contribution >= 0.6 is 22.6 Å². The number of rotatable bonds is 6. The molecule has 0 radical (unpaired) electrons. The van der Waals surface area contributed by atoms with Crippen LogP contribution < -0.4 is 5.32 Å². The first-order valence-electron chi connectivity index (χ1n) is 8.24. The van der Waals surface area contributed by atoms with Gasteiger partial charge in [-0.3, -0.25) is 9.59 Å². The Kier molecular flexibility index (Phi) is 5.79. The number of carbonyl (C=O) groups is 2. The highest BCUT2D eigenvalue weighted by Crippen LogP contribution is 2.49. The molecule has 0 aliphatic heterocycles. The number of carbonyl (C=O) groups excluding carboxylic acids is 2. The van der Waals surface area contributed by atoms with Gasteiger partial charge in [0.15, 0.2) is 16.7 Å². The van der Waals surface area contributed by atoms with Crippen LogP contribution in [0.4, 0.5) is 14.5 Å². The van der Waals surface area contributed by atoms with Gasteiger partial charge in [-0.05, 0) is 65.1 Å². The van der Waals surface area contributed by atoms with Gasteiger partial charge in [0.1, 0.15) is 0 Å². The van der Waals surface area contributed by atoms with Gasteiger partial charge in [-0.15, -0.1) is 0 Å². The smallest absolute Gasteiger partial charge is 0.367 e. The van der Waals surface area contributed by atoms with Crippen molar-refractivity contribution < 1.29 is 36.1 Å².